The molecule has 0 amide bonds. The van der Waals surface area contributed by atoms with Crippen molar-refractivity contribution >= 4 is 22.6 Å². The molecule has 1 aromatic carbocycles. The van der Waals surface area contributed by atoms with E-state index in [9.17, 15) is 0 Å². The Morgan fingerprint density at radius 1 is 1.22 bits per heavy atom. The Balaban J connectivity index is 2.10. The topological polar surface area (TPSA) is 30.7 Å². The largest absolute Gasteiger partial charge is 0.324 e. The lowest BCUT2D eigenvalue weighted by Gasteiger charge is -2.08. The van der Waals surface area contributed by atoms with Crippen LogP contribution in [0.4, 0.5) is 0 Å². The van der Waals surface area contributed by atoms with Crippen LogP contribution in [0.2, 0.25) is 5.02 Å². The lowest BCUT2D eigenvalue weighted by Crippen LogP contribution is -2.02. The summed E-state index contributed by atoms with van der Waals surface area (Å²) in [5.74, 6) is 0.990. The van der Waals surface area contributed by atoms with E-state index < -0.39 is 0 Å². The van der Waals surface area contributed by atoms with E-state index in [1.165, 1.54) is 0 Å². The minimum atomic E-state index is 0.690. The number of fused-ring (bicyclic) bond motifs is 1. The summed E-state index contributed by atoms with van der Waals surface area (Å²) in [4.78, 5) is 8.55. The highest BCUT2D eigenvalue weighted by atomic mass is 35.5. The number of imidazole rings is 1. The predicted molar refractivity (Wildman–Crippen MR) is 72.8 cm³/mol. The Bertz CT molecular complexity index is 703. The molecule has 0 unspecified atom stereocenters. The van der Waals surface area contributed by atoms with Crippen molar-refractivity contribution in [2.24, 2.45) is 0 Å². The number of aromatic nitrogens is 3. The van der Waals surface area contributed by atoms with E-state index in [1.54, 1.807) is 12.4 Å². The highest BCUT2D eigenvalue weighted by Gasteiger charge is 2.08. The van der Waals surface area contributed by atoms with Gasteiger partial charge in [-0.05, 0) is 30.7 Å². The van der Waals surface area contributed by atoms with Gasteiger partial charge in [-0.3, -0.25) is 4.98 Å². The van der Waals surface area contributed by atoms with Gasteiger partial charge in [0.25, 0.3) is 0 Å². The molecule has 0 aliphatic heterocycles. The summed E-state index contributed by atoms with van der Waals surface area (Å²) in [6, 6.07) is 10.1. The van der Waals surface area contributed by atoms with Crippen molar-refractivity contribution in [3.8, 4) is 0 Å². The fourth-order valence-corrected chi connectivity index (χ4v) is 2.28. The first-order valence-electron chi connectivity index (χ1n) is 5.76. The molecule has 90 valence electrons. The van der Waals surface area contributed by atoms with Crippen molar-refractivity contribution in [3.63, 3.8) is 0 Å². The monoisotopic (exact) mass is 257 g/mol. The first-order valence-corrected chi connectivity index (χ1v) is 6.14. The van der Waals surface area contributed by atoms with Gasteiger partial charge in [0, 0.05) is 12.4 Å². The summed E-state index contributed by atoms with van der Waals surface area (Å²) < 4.78 is 2.16. The van der Waals surface area contributed by atoms with Crippen molar-refractivity contribution < 1.29 is 0 Å². The molecule has 4 heteroatoms. The molecule has 2 heterocycles. The molecule has 0 saturated heterocycles. The van der Waals surface area contributed by atoms with Gasteiger partial charge in [0.05, 0.1) is 22.6 Å². The van der Waals surface area contributed by atoms with Gasteiger partial charge in [-0.25, -0.2) is 4.98 Å². The van der Waals surface area contributed by atoms with Gasteiger partial charge in [-0.15, -0.1) is 0 Å². The standard InChI is InChI=1S/C14H12ClN3/c1-10-17-13-4-2-3-5-14(13)18(10)9-11-6-7-16-8-12(11)15/h2-8H,9H2,1H3. The first-order chi connectivity index (χ1) is 8.75. The van der Waals surface area contributed by atoms with Gasteiger partial charge in [-0.2, -0.15) is 0 Å². The summed E-state index contributed by atoms with van der Waals surface area (Å²) >= 11 is 6.15. The number of pyridine rings is 1. The van der Waals surface area contributed by atoms with Gasteiger partial charge in [-0.1, -0.05) is 23.7 Å². The van der Waals surface area contributed by atoms with Gasteiger partial charge in [0.1, 0.15) is 5.82 Å². The van der Waals surface area contributed by atoms with Crippen molar-refractivity contribution in [2.75, 3.05) is 0 Å². The Kier molecular flexibility index (Phi) is 2.76. The van der Waals surface area contributed by atoms with Gasteiger partial charge >= 0.3 is 0 Å². The number of hydrogen-bond acceptors (Lipinski definition) is 2. The third-order valence-electron chi connectivity index (χ3n) is 3.03. The zero-order valence-electron chi connectivity index (χ0n) is 9.97. The number of nitrogens with zero attached hydrogens (tertiary/aromatic N) is 3. The Hall–Kier alpha value is -1.87. The van der Waals surface area contributed by atoms with Gasteiger partial charge < -0.3 is 4.57 Å². The molecule has 2 aromatic heterocycles. The average molecular weight is 258 g/mol. The molecule has 0 aliphatic rings. The van der Waals surface area contributed by atoms with E-state index in [0.29, 0.717) is 11.6 Å². The quantitative estimate of drug-likeness (QED) is 0.704. The summed E-state index contributed by atoms with van der Waals surface area (Å²) in [6.45, 7) is 2.72. The molecule has 0 radical (unpaired) electrons. The lowest BCUT2D eigenvalue weighted by molar-refractivity contribution is 0.785. The molecule has 0 N–H and O–H groups in total. The lowest BCUT2D eigenvalue weighted by atomic mass is 10.2. The van der Waals surface area contributed by atoms with Gasteiger partial charge in [0.15, 0.2) is 0 Å². The van der Waals surface area contributed by atoms with Crippen LogP contribution >= 0.6 is 11.6 Å². The normalized spacial score (nSPS) is 11.0. The van der Waals surface area contributed by atoms with Crippen LogP contribution in [0.3, 0.4) is 0 Å². The second kappa shape index (κ2) is 4.42. The Labute approximate surface area is 110 Å². The third kappa shape index (κ3) is 1.87. The fourth-order valence-electron chi connectivity index (χ4n) is 2.10. The van der Waals surface area contributed by atoms with Gasteiger partial charge in [0.2, 0.25) is 0 Å². The van der Waals surface area contributed by atoms with Crippen LogP contribution in [-0.4, -0.2) is 14.5 Å². The molecular weight excluding hydrogens is 246 g/mol. The molecular formula is C14H12ClN3. The molecule has 0 saturated carbocycles. The second-order valence-corrected chi connectivity index (χ2v) is 4.61. The van der Waals surface area contributed by atoms with Crippen LogP contribution in [0.1, 0.15) is 11.4 Å². The smallest absolute Gasteiger partial charge is 0.107 e. The summed E-state index contributed by atoms with van der Waals surface area (Å²) in [5, 5.41) is 0.690. The van der Waals surface area contributed by atoms with E-state index in [4.69, 9.17) is 11.6 Å². The number of aryl methyl sites for hydroxylation is 1. The Morgan fingerprint density at radius 2 is 2.06 bits per heavy atom. The Morgan fingerprint density at radius 3 is 2.89 bits per heavy atom. The zero-order valence-corrected chi connectivity index (χ0v) is 10.7. The number of rotatable bonds is 2. The highest BCUT2D eigenvalue weighted by Crippen LogP contribution is 2.20. The minimum Gasteiger partial charge on any atom is -0.324 e. The van der Waals surface area contributed by atoms with Crippen LogP contribution in [0.15, 0.2) is 42.7 Å². The SMILES string of the molecule is Cc1nc2ccccc2n1Cc1ccncc1Cl. The minimum absolute atomic E-state index is 0.690. The van der Waals surface area contributed by atoms with E-state index in [0.717, 1.165) is 22.4 Å². The number of para-hydroxylation sites is 2. The molecule has 0 aliphatic carbocycles. The van der Waals surface area contributed by atoms with Crippen molar-refractivity contribution in [2.45, 2.75) is 13.5 Å². The molecule has 3 nitrogen and oxygen atoms in total. The fraction of sp³-hybridized carbons (Fsp3) is 0.143. The maximum absolute atomic E-state index is 6.15. The van der Waals surface area contributed by atoms with E-state index in [1.807, 2.05) is 31.2 Å². The maximum atomic E-state index is 6.15. The van der Waals surface area contributed by atoms with Crippen molar-refractivity contribution in [3.05, 3.63) is 59.1 Å². The molecule has 0 bridgehead atoms. The van der Waals surface area contributed by atoms with E-state index >= 15 is 0 Å². The van der Waals surface area contributed by atoms with Crippen LogP contribution in [0.25, 0.3) is 11.0 Å². The molecule has 18 heavy (non-hydrogen) atoms. The molecule has 0 atom stereocenters. The maximum Gasteiger partial charge on any atom is 0.107 e. The highest BCUT2D eigenvalue weighted by molar-refractivity contribution is 6.31. The summed E-state index contributed by atoms with van der Waals surface area (Å²) in [5.41, 5.74) is 3.20. The summed E-state index contributed by atoms with van der Waals surface area (Å²) in [6.07, 6.45) is 3.43. The van der Waals surface area contributed by atoms with E-state index in [-0.39, 0.29) is 0 Å². The molecule has 3 aromatic rings. The van der Waals surface area contributed by atoms with Crippen molar-refractivity contribution in [1.29, 1.82) is 0 Å². The van der Waals surface area contributed by atoms with E-state index in [2.05, 4.69) is 20.6 Å². The number of benzene rings is 1. The molecule has 0 fully saturated rings. The third-order valence-corrected chi connectivity index (χ3v) is 3.37. The van der Waals surface area contributed by atoms with Crippen LogP contribution in [-0.2, 0) is 6.54 Å². The number of halogens is 1. The van der Waals surface area contributed by atoms with Crippen LogP contribution in [0, 0.1) is 6.92 Å². The zero-order chi connectivity index (χ0) is 12.5. The molecule has 3 rings (SSSR count). The van der Waals surface area contributed by atoms with Crippen LogP contribution < -0.4 is 0 Å². The van der Waals surface area contributed by atoms with Crippen molar-refractivity contribution in [1.82, 2.24) is 14.5 Å². The molecule has 0 spiro atoms. The average Bonchev–Trinajstić information content (AvgIpc) is 2.69. The van der Waals surface area contributed by atoms with Crippen LogP contribution in [0.5, 0.6) is 0 Å². The first kappa shape index (κ1) is 11.2. The second-order valence-electron chi connectivity index (χ2n) is 4.20. The predicted octanol–water partition coefficient (Wildman–Crippen LogP) is 3.44. The summed E-state index contributed by atoms with van der Waals surface area (Å²) in [7, 11) is 0. The number of hydrogen-bond donors (Lipinski definition) is 0.